The highest BCUT2D eigenvalue weighted by Crippen LogP contribution is 2.20. The molecule has 0 spiro atoms. The molecule has 14 heavy (non-hydrogen) atoms. The van der Waals surface area contributed by atoms with E-state index in [9.17, 15) is 4.79 Å². The van der Waals surface area contributed by atoms with Crippen LogP contribution in [0.15, 0.2) is 0 Å². The van der Waals surface area contributed by atoms with Crippen molar-refractivity contribution in [2.45, 2.75) is 51.1 Å². The fraction of sp³-hybridized carbons (Fsp3) is 0.909. The molecule has 0 bridgehead atoms. The predicted molar refractivity (Wildman–Crippen MR) is 55.0 cm³/mol. The number of likely N-dealkylation sites (tertiary alicyclic amines) is 1. The van der Waals surface area contributed by atoms with Crippen LogP contribution >= 0.6 is 0 Å². The molecule has 1 radical (unpaired) electrons. The summed E-state index contributed by atoms with van der Waals surface area (Å²) < 4.78 is 0. The highest BCUT2D eigenvalue weighted by atomic mass is 16.2. The van der Waals surface area contributed by atoms with Crippen LogP contribution in [0.4, 0.5) is 0 Å². The highest BCUT2D eigenvalue weighted by Gasteiger charge is 2.31. The summed E-state index contributed by atoms with van der Waals surface area (Å²) in [5.41, 5.74) is 0. The molecule has 2 aliphatic heterocycles. The van der Waals surface area contributed by atoms with Gasteiger partial charge in [0.25, 0.3) is 0 Å². The summed E-state index contributed by atoms with van der Waals surface area (Å²) in [5, 5.41) is 4.42. The van der Waals surface area contributed by atoms with Crippen molar-refractivity contribution in [3.05, 3.63) is 0 Å². The molecule has 0 N–H and O–H groups in total. The van der Waals surface area contributed by atoms with Crippen molar-refractivity contribution in [2.24, 2.45) is 0 Å². The van der Waals surface area contributed by atoms with Crippen LogP contribution in [0.1, 0.15) is 39.0 Å². The lowest BCUT2D eigenvalue weighted by molar-refractivity contribution is -0.134. The molecule has 2 rings (SSSR count). The van der Waals surface area contributed by atoms with Gasteiger partial charge in [-0.25, -0.2) is 5.32 Å². The minimum atomic E-state index is -0.00991. The van der Waals surface area contributed by atoms with E-state index in [2.05, 4.69) is 12.2 Å². The molecule has 0 aromatic rings. The monoisotopic (exact) mass is 195 g/mol. The molecule has 0 aromatic heterocycles. The van der Waals surface area contributed by atoms with Gasteiger partial charge in [0, 0.05) is 19.1 Å². The average molecular weight is 195 g/mol. The van der Waals surface area contributed by atoms with Crippen molar-refractivity contribution in [2.75, 3.05) is 13.1 Å². The first-order chi connectivity index (χ1) is 6.79. The highest BCUT2D eigenvalue weighted by molar-refractivity contribution is 5.82. The Hall–Kier alpha value is -0.570. The van der Waals surface area contributed by atoms with Crippen LogP contribution in [-0.4, -0.2) is 36.0 Å². The number of hydrogen-bond acceptors (Lipinski definition) is 1. The second kappa shape index (κ2) is 4.30. The van der Waals surface area contributed by atoms with E-state index in [-0.39, 0.29) is 11.9 Å². The second-order valence-corrected chi connectivity index (χ2v) is 4.44. The summed E-state index contributed by atoms with van der Waals surface area (Å²) in [4.78, 5) is 14.1. The SMILES string of the molecule is CC1CCCN1C(=O)C1CCCC[N]1. The number of amides is 1. The number of piperidine rings is 1. The Bertz CT molecular complexity index is 211. The molecule has 2 unspecified atom stereocenters. The van der Waals surface area contributed by atoms with Gasteiger partial charge in [-0.3, -0.25) is 4.79 Å². The lowest BCUT2D eigenvalue weighted by atomic mass is 10.0. The van der Waals surface area contributed by atoms with E-state index in [1.165, 1.54) is 25.7 Å². The van der Waals surface area contributed by atoms with Crippen molar-refractivity contribution in [1.82, 2.24) is 10.2 Å². The molecule has 1 amide bonds. The summed E-state index contributed by atoms with van der Waals surface area (Å²) in [6, 6.07) is 0.434. The number of carbonyl (C=O) groups is 1. The largest absolute Gasteiger partial charge is 0.339 e. The van der Waals surface area contributed by atoms with E-state index in [0.717, 1.165) is 19.5 Å². The van der Waals surface area contributed by atoms with Crippen molar-refractivity contribution >= 4 is 5.91 Å². The molecular formula is C11H19N2O. The number of nitrogens with zero attached hydrogens (tertiary/aromatic N) is 2. The van der Waals surface area contributed by atoms with Crippen molar-refractivity contribution in [1.29, 1.82) is 0 Å². The third kappa shape index (κ3) is 1.92. The third-order valence-corrected chi connectivity index (χ3v) is 3.36. The Morgan fingerprint density at radius 3 is 2.71 bits per heavy atom. The Morgan fingerprint density at radius 2 is 2.14 bits per heavy atom. The van der Waals surface area contributed by atoms with Gasteiger partial charge in [0.15, 0.2) is 0 Å². The maximum atomic E-state index is 12.0. The number of rotatable bonds is 1. The van der Waals surface area contributed by atoms with Crippen LogP contribution in [0, 0.1) is 0 Å². The fourth-order valence-electron chi connectivity index (χ4n) is 2.44. The first-order valence-electron chi connectivity index (χ1n) is 5.76. The Balaban J connectivity index is 1.92. The summed E-state index contributed by atoms with van der Waals surface area (Å²) in [5.74, 6) is 0.287. The van der Waals surface area contributed by atoms with Gasteiger partial charge in [-0.1, -0.05) is 0 Å². The van der Waals surface area contributed by atoms with Crippen LogP contribution in [-0.2, 0) is 4.79 Å². The molecule has 2 fully saturated rings. The zero-order valence-electron chi connectivity index (χ0n) is 8.91. The van der Waals surface area contributed by atoms with Crippen LogP contribution in [0.2, 0.25) is 0 Å². The van der Waals surface area contributed by atoms with E-state index in [4.69, 9.17) is 0 Å². The molecule has 0 aromatic carbocycles. The molecule has 2 atom stereocenters. The molecular weight excluding hydrogens is 176 g/mol. The maximum absolute atomic E-state index is 12.0. The second-order valence-electron chi connectivity index (χ2n) is 4.44. The van der Waals surface area contributed by atoms with E-state index < -0.39 is 0 Å². The normalized spacial score (nSPS) is 33.4. The molecule has 79 valence electrons. The topological polar surface area (TPSA) is 34.4 Å². The van der Waals surface area contributed by atoms with Crippen LogP contribution in [0.25, 0.3) is 0 Å². The number of carbonyl (C=O) groups excluding carboxylic acids is 1. The Kier molecular flexibility index (Phi) is 3.06. The van der Waals surface area contributed by atoms with Gasteiger partial charge < -0.3 is 4.90 Å². The minimum absolute atomic E-state index is 0.00991. The van der Waals surface area contributed by atoms with Gasteiger partial charge in [-0.15, -0.1) is 0 Å². The zero-order chi connectivity index (χ0) is 9.97. The lowest BCUT2D eigenvalue weighted by Gasteiger charge is -2.28. The van der Waals surface area contributed by atoms with E-state index in [1.54, 1.807) is 0 Å². The van der Waals surface area contributed by atoms with Gasteiger partial charge in [0.1, 0.15) is 6.04 Å². The van der Waals surface area contributed by atoms with Crippen molar-refractivity contribution in [3.8, 4) is 0 Å². The van der Waals surface area contributed by atoms with Gasteiger partial charge >= 0.3 is 0 Å². The Morgan fingerprint density at radius 1 is 1.29 bits per heavy atom. The summed E-state index contributed by atoms with van der Waals surface area (Å²) in [7, 11) is 0. The predicted octanol–water partition coefficient (Wildman–Crippen LogP) is 1.15. The molecule has 2 aliphatic rings. The van der Waals surface area contributed by atoms with Gasteiger partial charge in [-0.05, 0) is 39.0 Å². The third-order valence-electron chi connectivity index (χ3n) is 3.36. The van der Waals surface area contributed by atoms with E-state index in [0.29, 0.717) is 6.04 Å². The first kappa shape index (κ1) is 9.97. The smallest absolute Gasteiger partial charge is 0.241 e. The van der Waals surface area contributed by atoms with E-state index >= 15 is 0 Å². The van der Waals surface area contributed by atoms with E-state index in [1.807, 2.05) is 4.90 Å². The molecule has 3 nitrogen and oxygen atoms in total. The summed E-state index contributed by atoms with van der Waals surface area (Å²) >= 11 is 0. The standard InChI is InChI=1S/C11H19N2O/c1-9-5-4-8-13(9)11(14)10-6-2-3-7-12-10/h9-10H,2-8H2,1H3. The van der Waals surface area contributed by atoms with Crippen LogP contribution in [0.5, 0.6) is 0 Å². The molecule has 2 heterocycles. The summed E-state index contributed by atoms with van der Waals surface area (Å²) in [6.45, 7) is 3.98. The molecule has 3 heteroatoms. The van der Waals surface area contributed by atoms with Gasteiger partial charge in [0.2, 0.25) is 5.91 Å². The zero-order valence-corrected chi connectivity index (χ0v) is 8.91. The summed E-state index contributed by atoms with van der Waals surface area (Å²) in [6.07, 6.45) is 5.64. The Labute approximate surface area is 85.8 Å². The minimum Gasteiger partial charge on any atom is -0.339 e. The average Bonchev–Trinajstić information content (AvgIpc) is 2.65. The van der Waals surface area contributed by atoms with Crippen LogP contribution in [0.3, 0.4) is 0 Å². The molecule has 0 aliphatic carbocycles. The molecule has 0 saturated carbocycles. The maximum Gasteiger partial charge on any atom is 0.241 e. The quantitative estimate of drug-likeness (QED) is 0.618. The fourth-order valence-corrected chi connectivity index (χ4v) is 2.44. The lowest BCUT2D eigenvalue weighted by Crippen LogP contribution is -2.46. The number of hydrogen-bond donors (Lipinski definition) is 0. The van der Waals surface area contributed by atoms with Crippen molar-refractivity contribution < 1.29 is 4.79 Å². The van der Waals surface area contributed by atoms with Gasteiger partial charge in [-0.2, -0.15) is 0 Å². The van der Waals surface area contributed by atoms with Gasteiger partial charge in [0.05, 0.1) is 0 Å². The van der Waals surface area contributed by atoms with Crippen molar-refractivity contribution in [3.63, 3.8) is 0 Å². The first-order valence-corrected chi connectivity index (χ1v) is 5.76. The van der Waals surface area contributed by atoms with Crippen LogP contribution < -0.4 is 5.32 Å². The molecule has 2 saturated heterocycles.